The van der Waals surface area contributed by atoms with Gasteiger partial charge >= 0.3 is 0 Å². The van der Waals surface area contributed by atoms with E-state index < -0.39 is 0 Å². The molecule has 0 amide bonds. The van der Waals surface area contributed by atoms with Gasteiger partial charge in [-0.05, 0) is 24.6 Å². The van der Waals surface area contributed by atoms with Crippen molar-refractivity contribution in [3.63, 3.8) is 0 Å². The van der Waals surface area contributed by atoms with Crippen LogP contribution in [0.4, 0.5) is 0 Å². The lowest BCUT2D eigenvalue weighted by Gasteiger charge is -2.03. The summed E-state index contributed by atoms with van der Waals surface area (Å²) in [4.78, 5) is 12.2. The third kappa shape index (κ3) is 2.59. The van der Waals surface area contributed by atoms with Crippen LogP contribution in [0.5, 0.6) is 5.75 Å². The lowest BCUT2D eigenvalue weighted by molar-refractivity contribution is 0.0992. The molecule has 0 atom stereocenters. The molecular weight excluding hydrogens is 228 g/mol. The van der Waals surface area contributed by atoms with Gasteiger partial charge in [-0.3, -0.25) is 9.48 Å². The summed E-state index contributed by atoms with van der Waals surface area (Å²) in [5.74, 6) is 0.845. The van der Waals surface area contributed by atoms with Crippen molar-refractivity contribution in [2.45, 2.75) is 13.3 Å². The van der Waals surface area contributed by atoms with Gasteiger partial charge in [0, 0.05) is 19.7 Å². The minimum Gasteiger partial charge on any atom is -0.497 e. The Morgan fingerprint density at radius 3 is 2.83 bits per heavy atom. The monoisotopic (exact) mass is 244 g/mol. The average Bonchev–Trinajstić information content (AvgIpc) is 2.69. The summed E-state index contributed by atoms with van der Waals surface area (Å²) >= 11 is 0. The van der Waals surface area contributed by atoms with E-state index in [1.54, 1.807) is 18.0 Å². The zero-order chi connectivity index (χ0) is 13.1. The molecule has 0 saturated carbocycles. The van der Waals surface area contributed by atoms with Gasteiger partial charge in [-0.25, -0.2) is 0 Å². The number of Topliss-reactive ketones (excluding diaryl/α,β-unsaturated/α-hetero) is 1. The fraction of sp³-hybridized carbons (Fsp3) is 0.286. The summed E-state index contributed by atoms with van der Waals surface area (Å²) in [7, 11) is 3.43. The summed E-state index contributed by atoms with van der Waals surface area (Å²) in [6.45, 7) is 1.85. The van der Waals surface area contributed by atoms with Crippen molar-refractivity contribution in [2.75, 3.05) is 7.11 Å². The van der Waals surface area contributed by atoms with Crippen LogP contribution >= 0.6 is 0 Å². The van der Waals surface area contributed by atoms with Crippen LogP contribution < -0.4 is 4.74 Å². The highest BCUT2D eigenvalue weighted by Gasteiger charge is 2.13. The number of hydrogen-bond acceptors (Lipinski definition) is 3. The molecular formula is C14H16N2O2. The van der Waals surface area contributed by atoms with Gasteiger partial charge in [0.1, 0.15) is 5.75 Å². The lowest BCUT2D eigenvalue weighted by Crippen LogP contribution is -2.04. The molecule has 1 aromatic heterocycles. The highest BCUT2D eigenvalue weighted by atomic mass is 16.5. The van der Waals surface area contributed by atoms with Crippen LogP contribution in [0.3, 0.4) is 0 Å². The molecule has 0 aliphatic rings. The predicted octanol–water partition coefficient (Wildman–Crippen LogP) is 2.16. The van der Waals surface area contributed by atoms with Crippen LogP contribution in [0, 0.1) is 6.92 Å². The third-order valence-electron chi connectivity index (χ3n) is 2.81. The third-order valence-corrected chi connectivity index (χ3v) is 2.81. The molecule has 0 unspecified atom stereocenters. The molecule has 0 radical (unpaired) electrons. The van der Waals surface area contributed by atoms with Gasteiger partial charge in [-0.15, -0.1) is 0 Å². The second kappa shape index (κ2) is 5.04. The zero-order valence-corrected chi connectivity index (χ0v) is 10.8. The van der Waals surface area contributed by atoms with Crippen LogP contribution in [0.1, 0.15) is 21.6 Å². The van der Waals surface area contributed by atoms with E-state index in [1.165, 1.54) is 0 Å². The van der Waals surface area contributed by atoms with Gasteiger partial charge in [0.2, 0.25) is 0 Å². The van der Waals surface area contributed by atoms with Gasteiger partial charge in [0.05, 0.1) is 18.4 Å². The predicted molar refractivity (Wildman–Crippen MR) is 69.0 cm³/mol. The first-order valence-electron chi connectivity index (χ1n) is 5.76. The number of aryl methyl sites for hydroxylation is 2. The molecule has 4 nitrogen and oxygen atoms in total. The first kappa shape index (κ1) is 12.4. The Hall–Kier alpha value is -2.10. The summed E-state index contributed by atoms with van der Waals surface area (Å²) in [5.41, 5.74) is 2.40. The highest BCUT2D eigenvalue weighted by Crippen LogP contribution is 2.15. The number of carbonyl (C=O) groups is 1. The summed E-state index contributed by atoms with van der Waals surface area (Å²) in [5, 5.41) is 4.18. The smallest absolute Gasteiger partial charge is 0.170 e. The number of nitrogens with zero attached hydrogens (tertiary/aromatic N) is 2. The maximum absolute atomic E-state index is 12.2. The Bertz CT molecular complexity index is 573. The fourth-order valence-electron chi connectivity index (χ4n) is 1.94. The van der Waals surface area contributed by atoms with Gasteiger partial charge in [-0.2, -0.15) is 5.10 Å². The first-order chi connectivity index (χ1) is 8.60. The number of methoxy groups -OCH3 is 1. The molecule has 0 fully saturated rings. The summed E-state index contributed by atoms with van der Waals surface area (Å²) in [6.07, 6.45) is 2.13. The largest absolute Gasteiger partial charge is 0.497 e. The highest BCUT2D eigenvalue weighted by molar-refractivity contribution is 5.98. The quantitative estimate of drug-likeness (QED) is 0.774. The number of carbonyl (C=O) groups excluding carboxylic acids is 1. The number of benzene rings is 1. The molecule has 0 spiro atoms. The molecule has 1 heterocycles. The van der Waals surface area contributed by atoms with Crippen molar-refractivity contribution in [3.05, 3.63) is 47.3 Å². The maximum atomic E-state index is 12.2. The fourth-order valence-corrected chi connectivity index (χ4v) is 1.94. The van der Waals surface area contributed by atoms with E-state index in [0.717, 1.165) is 17.0 Å². The Labute approximate surface area is 106 Å². The minimum atomic E-state index is 0.0776. The van der Waals surface area contributed by atoms with Crippen LogP contribution in [0.15, 0.2) is 30.5 Å². The summed E-state index contributed by atoms with van der Waals surface area (Å²) < 4.78 is 6.80. The standard InChI is InChI=1S/C14H16N2O2/c1-10-13(9-16(2)15-10)14(17)8-11-5-4-6-12(7-11)18-3/h4-7,9H,8H2,1-3H3. The Kier molecular flexibility index (Phi) is 3.46. The number of rotatable bonds is 4. The summed E-state index contributed by atoms with van der Waals surface area (Å²) in [6, 6.07) is 7.55. The normalized spacial score (nSPS) is 10.4. The van der Waals surface area contributed by atoms with Crippen molar-refractivity contribution in [1.82, 2.24) is 9.78 Å². The van der Waals surface area contributed by atoms with Crippen LogP contribution in [0.2, 0.25) is 0 Å². The minimum absolute atomic E-state index is 0.0776. The zero-order valence-electron chi connectivity index (χ0n) is 10.8. The van der Waals surface area contributed by atoms with E-state index in [4.69, 9.17) is 4.74 Å². The van der Waals surface area contributed by atoms with E-state index >= 15 is 0 Å². The second-order valence-electron chi connectivity index (χ2n) is 4.25. The van der Waals surface area contributed by atoms with E-state index in [-0.39, 0.29) is 5.78 Å². The van der Waals surface area contributed by atoms with E-state index in [0.29, 0.717) is 12.0 Å². The Morgan fingerprint density at radius 1 is 1.44 bits per heavy atom. The van der Waals surface area contributed by atoms with Gasteiger partial charge in [0.25, 0.3) is 0 Å². The number of hydrogen-bond donors (Lipinski definition) is 0. The molecule has 0 aliphatic carbocycles. The van der Waals surface area contributed by atoms with Crippen LogP contribution in [0.25, 0.3) is 0 Å². The number of ketones is 1. The molecule has 0 aliphatic heterocycles. The molecule has 18 heavy (non-hydrogen) atoms. The van der Waals surface area contributed by atoms with Crippen molar-refractivity contribution < 1.29 is 9.53 Å². The van der Waals surface area contributed by atoms with E-state index in [1.807, 2.05) is 38.2 Å². The molecule has 0 bridgehead atoms. The first-order valence-corrected chi connectivity index (χ1v) is 5.76. The second-order valence-corrected chi connectivity index (χ2v) is 4.25. The topological polar surface area (TPSA) is 44.1 Å². The molecule has 1 aromatic carbocycles. The SMILES string of the molecule is COc1cccc(CC(=O)c2cn(C)nc2C)c1. The molecule has 0 saturated heterocycles. The maximum Gasteiger partial charge on any atom is 0.170 e. The molecule has 94 valence electrons. The van der Waals surface area contributed by atoms with E-state index in [2.05, 4.69) is 5.10 Å². The van der Waals surface area contributed by atoms with E-state index in [9.17, 15) is 4.79 Å². The lowest BCUT2D eigenvalue weighted by atomic mass is 10.0. The molecule has 2 rings (SSSR count). The van der Waals surface area contributed by atoms with Crippen molar-refractivity contribution in [2.24, 2.45) is 7.05 Å². The van der Waals surface area contributed by atoms with Crippen molar-refractivity contribution in [3.8, 4) is 5.75 Å². The Morgan fingerprint density at radius 2 is 2.22 bits per heavy atom. The van der Waals surface area contributed by atoms with Gasteiger partial charge in [0.15, 0.2) is 5.78 Å². The van der Waals surface area contributed by atoms with Crippen LogP contribution in [-0.4, -0.2) is 22.7 Å². The van der Waals surface area contributed by atoms with Crippen molar-refractivity contribution in [1.29, 1.82) is 0 Å². The Balaban J connectivity index is 2.18. The van der Waals surface area contributed by atoms with Crippen molar-refractivity contribution >= 4 is 5.78 Å². The molecule has 4 heteroatoms. The number of aromatic nitrogens is 2. The number of ether oxygens (including phenoxy) is 1. The van der Waals surface area contributed by atoms with Gasteiger partial charge < -0.3 is 4.74 Å². The average molecular weight is 244 g/mol. The van der Waals surface area contributed by atoms with Gasteiger partial charge in [-0.1, -0.05) is 12.1 Å². The molecule has 0 N–H and O–H groups in total. The molecule has 2 aromatic rings. The van der Waals surface area contributed by atoms with Crippen LogP contribution in [-0.2, 0) is 13.5 Å².